The third-order valence-corrected chi connectivity index (χ3v) is 4.40. The maximum Gasteiger partial charge on any atom is 0.156 e. The van der Waals surface area contributed by atoms with Crippen LogP contribution in [0.2, 0.25) is 0 Å². The van der Waals surface area contributed by atoms with E-state index in [1.807, 2.05) is 61.7 Å². The SMILES string of the molecule is COc1cccc(-c2cnc(Nc3ccccc3C)c3[nH]nc(N)c23)c1. The van der Waals surface area contributed by atoms with Crippen LogP contribution in [0.25, 0.3) is 22.0 Å². The van der Waals surface area contributed by atoms with Gasteiger partial charge < -0.3 is 15.8 Å². The molecule has 6 nitrogen and oxygen atoms in total. The molecule has 0 aliphatic carbocycles. The Morgan fingerprint density at radius 2 is 1.96 bits per heavy atom. The molecule has 0 bridgehead atoms. The topological polar surface area (TPSA) is 88.8 Å². The number of ether oxygens (including phenoxy) is 1. The van der Waals surface area contributed by atoms with Crippen molar-refractivity contribution in [1.82, 2.24) is 15.2 Å². The third-order valence-electron chi connectivity index (χ3n) is 4.40. The summed E-state index contributed by atoms with van der Waals surface area (Å²) in [5.41, 5.74) is 10.9. The summed E-state index contributed by atoms with van der Waals surface area (Å²) in [6.45, 7) is 2.05. The molecule has 0 spiro atoms. The summed E-state index contributed by atoms with van der Waals surface area (Å²) in [5, 5.41) is 11.4. The highest BCUT2D eigenvalue weighted by molar-refractivity contribution is 6.06. The number of hydrogen-bond acceptors (Lipinski definition) is 5. The van der Waals surface area contributed by atoms with Crippen molar-refractivity contribution in [3.8, 4) is 16.9 Å². The third kappa shape index (κ3) is 2.71. The molecule has 0 fully saturated rings. The van der Waals surface area contributed by atoms with Gasteiger partial charge in [0.2, 0.25) is 0 Å². The number of methoxy groups -OCH3 is 1. The van der Waals surface area contributed by atoms with Gasteiger partial charge in [-0.1, -0.05) is 30.3 Å². The zero-order valence-electron chi connectivity index (χ0n) is 14.6. The summed E-state index contributed by atoms with van der Waals surface area (Å²) in [6, 6.07) is 15.8. The molecule has 4 N–H and O–H groups in total. The summed E-state index contributed by atoms with van der Waals surface area (Å²) >= 11 is 0. The van der Waals surface area contributed by atoms with E-state index in [2.05, 4.69) is 20.5 Å². The molecule has 0 atom stereocenters. The maximum atomic E-state index is 6.15. The van der Waals surface area contributed by atoms with E-state index in [0.717, 1.165) is 39.0 Å². The number of anilines is 3. The minimum absolute atomic E-state index is 0.438. The number of aromatic nitrogens is 3. The van der Waals surface area contributed by atoms with Crippen molar-refractivity contribution in [1.29, 1.82) is 0 Å². The average molecular weight is 345 g/mol. The minimum Gasteiger partial charge on any atom is -0.497 e. The Morgan fingerprint density at radius 3 is 2.77 bits per heavy atom. The number of pyridine rings is 1. The summed E-state index contributed by atoms with van der Waals surface area (Å²) < 4.78 is 5.33. The van der Waals surface area contributed by atoms with Gasteiger partial charge >= 0.3 is 0 Å². The number of aryl methyl sites for hydroxylation is 1. The van der Waals surface area contributed by atoms with Gasteiger partial charge in [0.25, 0.3) is 0 Å². The normalized spacial score (nSPS) is 10.8. The lowest BCUT2D eigenvalue weighted by Gasteiger charge is -2.12. The molecule has 0 unspecified atom stereocenters. The fraction of sp³-hybridized carbons (Fsp3) is 0.100. The number of rotatable bonds is 4. The second kappa shape index (κ2) is 6.40. The Bertz CT molecular complexity index is 1090. The van der Waals surface area contributed by atoms with E-state index >= 15 is 0 Å². The van der Waals surface area contributed by atoms with E-state index < -0.39 is 0 Å². The molecule has 0 amide bonds. The Hall–Kier alpha value is -3.54. The van der Waals surface area contributed by atoms with Crippen molar-refractivity contribution >= 4 is 28.2 Å². The van der Waals surface area contributed by atoms with Crippen LogP contribution in [0, 0.1) is 6.92 Å². The highest BCUT2D eigenvalue weighted by Crippen LogP contribution is 2.36. The van der Waals surface area contributed by atoms with Crippen LogP contribution < -0.4 is 15.8 Å². The fourth-order valence-corrected chi connectivity index (χ4v) is 3.00. The van der Waals surface area contributed by atoms with Crippen LogP contribution in [0.5, 0.6) is 5.75 Å². The molecule has 0 aliphatic heterocycles. The van der Waals surface area contributed by atoms with Gasteiger partial charge in [0, 0.05) is 17.4 Å². The van der Waals surface area contributed by atoms with Gasteiger partial charge in [-0.25, -0.2) is 4.98 Å². The van der Waals surface area contributed by atoms with Crippen LogP contribution in [-0.2, 0) is 0 Å². The highest BCUT2D eigenvalue weighted by atomic mass is 16.5. The lowest BCUT2D eigenvalue weighted by Crippen LogP contribution is -1.98. The first-order valence-corrected chi connectivity index (χ1v) is 8.27. The molecule has 130 valence electrons. The quantitative estimate of drug-likeness (QED) is 0.514. The van der Waals surface area contributed by atoms with Crippen molar-refractivity contribution in [2.24, 2.45) is 0 Å². The van der Waals surface area contributed by atoms with Gasteiger partial charge in [-0.15, -0.1) is 0 Å². The van der Waals surface area contributed by atoms with E-state index in [1.165, 1.54) is 0 Å². The van der Waals surface area contributed by atoms with E-state index in [1.54, 1.807) is 7.11 Å². The first-order valence-electron chi connectivity index (χ1n) is 8.27. The number of nitrogens with two attached hydrogens (primary N) is 1. The zero-order valence-corrected chi connectivity index (χ0v) is 14.6. The molecule has 0 aliphatic rings. The summed E-state index contributed by atoms with van der Waals surface area (Å²) in [7, 11) is 1.65. The molecule has 2 aromatic heterocycles. The molecule has 4 aromatic rings. The smallest absolute Gasteiger partial charge is 0.156 e. The average Bonchev–Trinajstić information content (AvgIpc) is 3.06. The van der Waals surface area contributed by atoms with Gasteiger partial charge in [0.1, 0.15) is 11.3 Å². The fourth-order valence-electron chi connectivity index (χ4n) is 3.00. The molecule has 2 heterocycles. The number of benzene rings is 2. The molecular formula is C20H19N5O. The van der Waals surface area contributed by atoms with E-state index in [0.29, 0.717) is 11.6 Å². The summed E-state index contributed by atoms with van der Waals surface area (Å²) in [6.07, 6.45) is 1.81. The number of aromatic amines is 1. The molecule has 26 heavy (non-hydrogen) atoms. The molecular weight excluding hydrogens is 326 g/mol. The largest absolute Gasteiger partial charge is 0.497 e. The number of nitrogens with zero attached hydrogens (tertiary/aromatic N) is 2. The van der Waals surface area contributed by atoms with Gasteiger partial charge in [-0.2, -0.15) is 5.10 Å². The van der Waals surface area contributed by atoms with Crippen LogP contribution in [0.3, 0.4) is 0 Å². The van der Waals surface area contributed by atoms with Crippen molar-refractivity contribution < 1.29 is 4.74 Å². The Balaban J connectivity index is 1.85. The molecule has 0 radical (unpaired) electrons. The van der Waals surface area contributed by atoms with Crippen LogP contribution in [0.15, 0.2) is 54.7 Å². The standard InChI is InChI=1S/C20H19N5O/c1-12-6-3-4-9-16(12)23-20-18-17(19(21)25-24-18)15(11-22-20)13-7-5-8-14(10-13)26-2/h3-11H,1-2H3,(H,22,23)(H3,21,24,25). The van der Waals surface area contributed by atoms with Gasteiger partial charge in [-0.05, 0) is 36.2 Å². The second-order valence-electron chi connectivity index (χ2n) is 6.05. The number of fused-ring (bicyclic) bond motifs is 1. The number of hydrogen-bond donors (Lipinski definition) is 3. The van der Waals surface area contributed by atoms with Gasteiger partial charge in [0.15, 0.2) is 11.6 Å². The highest BCUT2D eigenvalue weighted by Gasteiger charge is 2.15. The molecule has 6 heteroatoms. The van der Waals surface area contributed by atoms with Crippen LogP contribution in [0.1, 0.15) is 5.56 Å². The summed E-state index contributed by atoms with van der Waals surface area (Å²) in [5.74, 6) is 1.90. The number of para-hydroxylation sites is 1. The first kappa shape index (κ1) is 16.0. The van der Waals surface area contributed by atoms with Crippen LogP contribution >= 0.6 is 0 Å². The number of H-pyrrole nitrogens is 1. The van der Waals surface area contributed by atoms with Crippen molar-refractivity contribution in [3.05, 3.63) is 60.3 Å². The molecule has 2 aromatic carbocycles. The lowest BCUT2D eigenvalue weighted by molar-refractivity contribution is 0.415. The van der Waals surface area contributed by atoms with Gasteiger partial charge in [0.05, 0.1) is 12.5 Å². The minimum atomic E-state index is 0.438. The predicted octanol–water partition coefficient (Wildman–Crippen LogP) is 4.27. The van der Waals surface area contributed by atoms with Crippen molar-refractivity contribution in [2.45, 2.75) is 6.92 Å². The van der Waals surface area contributed by atoms with E-state index in [-0.39, 0.29) is 0 Å². The van der Waals surface area contributed by atoms with Crippen LogP contribution in [-0.4, -0.2) is 22.3 Å². The van der Waals surface area contributed by atoms with Gasteiger partial charge in [-0.3, -0.25) is 5.10 Å². The number of nitrogen functional groups attached to an aromatic ring is 1. The lowest BCUT2D eigenvalue weighted by atomic mass is 10.0. The molecule has 0 saturated heterocycles. The number of nitrogens with one attached hydrogen (secondary N) is 2. The van der Waals surface area contributed by atoms with E-state index in [9.17, 15) is 0 Å². The monoisotopic (exact) mass is 345 g/mol. The Morgan fingerprint density at radius 1 is 1.12 bits per heavy atom. The zero-order chi connectivity index (χ0) is 18.1. The predicted molar refractivity (Wildman–Crippen MR) is 105 cm³/mol. The Labute approximate surface area is 151 Å². The van der Waals surface area contributed by atoms with Crippen molar-refractivity contribution in [2.75, 3.05) is 18.2 Å². The molecule has 4 rings (SSSR count). The maximum absolute atomic E-state index is 6.15. The Kier molecular flexibility index (Phi) is 3.93. The molecule has 0 saturated carbocycles. The van der Waals surface area contributed by atoms with Crippen LogP contribution in [0.4, 0.5) is 17.3 Å². The first-order chi connectivity index (χ1) is 12.7. The van der Waals surface area contributed by atoms with E-state index in [4.69, 9.17) is 10.5 Å². The summed E-state index contributed by atoms with van der Waals surface area (Å²) in [4.78, 5) is 4.61. The van der Waals surface area contributed by atoms with Crippen molar-refractivity contribution in [3.63, 3.8) is 0 Å². The second-order valence-corrected chi connectivity index (χ2v) is 6.05.